The number of hydrogen-bond acceptors (Lipinski definition) is 3. The molecule has 2 N–H and O–H groups in total. The fraction of sp³-hybridized carbons (Fsp3) is 0.538. The number of hydrogen-bond donors (Lipinski definition) is 2. The van der Waals surface area contributed by atoms with Gasteiger partial charge in [0.15, 0.2) is 0 Å². The van der Waals surface area contributed by atoms with Gasteiger partial charge in [0.25, 0.3) is 0 Å². The summed E-state index contributed by atoms with van der Waals surface area (Å²) in [5.74, 6) is 0.229. The Morgan fingerprint density at radius 3 is 2.78 bits per heavy atom. The molecule has 0 bridgehead atoms. The highest BCUT2D eigenvalue weighted by Gasteiger charge is 2.23. The van der Waals surface area contributed by atoms with E-state index < -0.39 is 0 Å². The highest BCUT2D eigenvalue weighted by molar-refractivity contribution is 9.10. The van der Waals surface area contributed by atoms with Crippen LogP contribution in [0.2, 0.25) is 0 Å². The molecule has 0 aromatic heterocycles. The summed E-state index contributed by atoms with van der Waals surface area (Å²) < 4.78 is 13.7. The lowest BCUT2D eigenvalue weighted by Gasteiger charge is -2.35. The summed E-state index contributed by atoms with van der Waals surface area (Å²) >= 11 is 3.49. The highest BCUT2D eigenvalue weighted by Crippen LogP contribution is 2.33. The third-order valence-electron chi connectivity index (χ3n) is 3.31. The third-order valence-corrected chi connectivity index (χ3v) is 4.04. The Morgan fingerprint density at radius 2 is 2.11 bits per heavy atom. The van der Waals surface area contributed by atoms with Crippen LogP contribution in [-0.2, 0) is 0 Å². The second-order valence-corrected chi connectivity index (χ2v) is 5.34. The minimum Gasteiger partial charge on any atom is -0.508 e. The number of phenols is 1. The summed E-state index contributed by atoms with van der Waals surface area (Å²) in [6.45, 7) is 3.33. The van der Waals surface area contributed by atoms with Crippen LogP contribution >= 0.6 is 15.9 Å². The standard InChI is InChI=1S/C13H18BrFN2O/c14-12-2-1-10(18)9-11(12)13(3-4-15)17-7-5-16-6-8-17/h1-2,9,13,16,18H,3-8H2/t13-/m0/s1. The zero-order valence-corrected chi connectivity index (χ0v) is 11.8. The summed E-state index contributed by atoms with van der Waals surface area (Å²) in [5, 5.41) is 12.9. The van der Waals surface area contributed by atoms with Crippen molar-refractivity contribution in [1.82, 2.24) is 10.2 Å². The predicted octanol–water partition coefficient (Wildman–Crippen LogP) is 2.46. The Balaban J connectivity index is 2.24. The maximum atomic E-state index is 12.8. The first-order valence-corrected chi connectivity index (χ1v) is 7.01. The van der Waals surface area contributed by atoms with Gasteiger partial charge < -0.3 is 10.4 Å². The van der Waals surface area contributed by atoms with Gasteiger partial charge in [-0.3, -0.25) is 9.29 Å². The van der Waals surface area contributed by atoms with Crippen LogP contribution in [0.15, 0.2) is 22.7 Å². The van der Waals surface area contributed by atoms with Gasteiger partial charge in [-0.05, 0) is 30.2 Å². The number of alkyl halides is 1. The molecule has 1 saturated heterocycles. The van der Waals surface area contributed by atoms with Crippen LogP contribution in [0.25, 0.3) is 0 Å². The quantitative estimate of drug-likeness (QED) is 0.895. The summed E-state index contributed by atoms with van der Waals surface area (Å²) in [6.07, 6.45) is 0.460. The Hall–Kier alpha value is -0.650. The lowest BCUT2D eigenvalue weighted by Crippen LogP contribution is -2.45. The molecule has 1 aromatic rings. The van der Waals surface area contributed by atoms with Gasteiger partial charge in [0.1, 0.15) is 5.75 Å². The van der Waals surface area contributed by atoms with Gasteiger partial charge in [-0.2, -0.15) is 0 Å². The van der Waals surface area contributed by atoms with E-state index in [0.717, 1.165) is 36.2 Å². The first-order valence-electron chi connectivity index (χ1n) is 6.21. The molecular weight excluding hydrogens is 299 g/mol. The SMILES string of the molecule is Oc1ccc(Br)c([C@H](CCF)N2CCNCC2)c1. The summed E-state index contributed by atoms with van der Waals surface area (Å²) in [7, 11) is 0. The van der Waals surface area contributed by atoms with E-state index in [2.05, 4.69) is 26.1 Å². The van der Waals surface area contributed by atoms with Gasteiger partial charge in [-0.25, -0.2) is 0 Å². The lowest BCUT2D eigenvalue weighted by molar-refractivity contribution is 0.157. The van der Waals surface area contributed by atoms with Gasteiger partial charge in [-0.15, -0.1) is 0 Å². The number of halogens is 2. The number of nitrogens with zero attached hydrogens (tertiary/aromatic N) is 1. The van der Waals surface area contributed by atoms with Crippen LogP contribution in [0.5, 0.6) is 5.75 Å². The van der Waals surface area contributed by atoms with Crippen LogP contribution in [-0.4, -0.2) is 42.9 Å². The molecule has 1 heterocycles. The molecule has 0 saturated carbocycles. The Morgan fingerprint density at radius 1 is 1.39 bits per heavy atom. The lowest BCUT2D eigenvalue weighted by atomic mass is 10.0. The molecule has 1 atom stereocenters. The van der Waals surface area contributed by atoms with Crippen LogP contribution in [0.3, 0.4) is 0 Å². The number of piperazine rings is 1. The highest BCUT2D eigenvalue weighted by atomic mass is 79.9. The van der Waals surface area contributed by atoms with E-state index in [1.807, 2.05) is 6.07 Å². The molecule has 1 aliphatic rings. The van der Waals surface area contributed by atoms with Gasteiger partial charge in [0.2, 0.25) is 0 Å². The molecule has 18 heavy (non-hydrogen) atoms. The molecule has 0 unspecified atom stereocenters. The normalized spacial score (nSPS) is 18.8. The van der Waals surface area contributed by atoms with Crippen molar-refractivity contribution in [3.05, 3.63) is 28.2 Å². The minimum atomic E-state index is -0.351. The molecule has 2 rings (SSSR count). The van der Waals surface area contributed by atoms with E-state index in [0.29, 0.717) is 6.42 Å². The first-order chi connectivity index (χ1) is 8.72. The van der Waals surface area contributed by atoms with Crippen LogP contribution < -0.4 is 5.32 Å². The molecule has 5 heteroatoms. The van der Waals surface area contributed by atoms with E-state index in [1.165, 1.54) is 0 Å². The Kier molecular flexibility index (Phi) is 4.97. The van der Waals surface area contributed by atoms with Gasteiger partial charge in [0, 0.05) is 36.7 Å². The number of phenolic OH excluding ortho intramolecular Hbond substituents is 1. The number of aromatic hydroxyl groups is 1. The van der Waals surface area contributed by atoms with E-state index in [4.69, 9.17) is 0 Å². The largest absolute Gasteiger partial charge is 0.508 e. The molecule has 0 spiro atoms. The number of rotatable bonds is 4. The second kappa shape index (κ2) is 6.50. The number of nitrogens with one attached hydrogen (secondary N) is 1. The van der Waals surface area contributed by atoms with E-state index in [1.54, 1.807) is 12.1 Å². The molecule has 1 fully saturated rings. The van der Waals surface area contributed by atoms with E-state index in [9.17, 15) is 9.50 Å². The third kappa shape index (κ3) is 3.22. The molecule has 1 aromatic carbocycles. The first kappa shape index (κ1) is 13.8. The van der Waals surface area contributed by atoms with Gasteiger partial charge >= 0.3 is 0 Å². The molecule has 0 aliphatic carbocycles. The molecular formula is C13H18BrFN2O. The molecule has 3 nitrogen and oxygen atoms in total. The zero-order chi connectivity index (χ0) is 13.0. The number of benzene rings is 1. The van der Waals surface area contributed by atoms with Crippen molar-refractivity contribution in [3.8, 4) is 5.75 Å². The maximum Gasteiger partial charge on any atom is 0.115 e. The van der Waals surface area contributed by atoms with Crippen LogP contribution in [0.1, 0.15) is 18.0 Å². The predicted molar refractivity (Wildman–Crippen MR) is 73.6 cm³/mol. The minimum absolute atomic E-state index is 0.0265. The zero-order valence-electron chi connectivity index (χ0n) is 10.2. The monoisotopic (exact) mass is 316 g/mol. The molecule has 0 radical (unpaired) electrons. The molecule has 0 amide bonds. The van der Waals surface area contributed by atoms with Crippen molar-refractivity contribution >= 4 is 15.9 Å². The van der Waals surface area contributed by atoms with Crippen molar-refractivity contribution in [3.63, 3.8) is 0 Å². The summed E-state index contributed by atoms with van der Waals surface area (Å²) in [6, 6.07) is 5.21. The van der Waals surface area contributed by atoms with Gasteiger partial charge in [0.05, 0.1) is 6.67 Å². The van der Waals surface area contributed by atoms with E-state index in [-0.39, 0.29) is 18.5 Å². The fourth-order valence-electron chi connectivity index (χ4n) is 2.42. The van der Waals surface area contributed by atoms with Gasteiger partial charge in [-0.1, -0.05) is 15.9 Å². The average molecular weight is 317 g/mol. The topological polar surface area (TPSA) is 35.5 Å². The van der Waals surface area contributed by atoms with Crippen molar-refractivity contribution in [1.29, 1.82) is 0 Å². The van der Waals surface area contributed by atoms with Crippen molar-refractivity contribution in [2.24, 2.45) is 0 Å². The fourth-order valence-corrected chi connectivity index (χ4v) is 2.93. The molecule has 1 aliphatic heterocycles. The van der Waals surface area contributed by atoms with E-state index >= 15 is 0 Å². The smallest absolute Gasteiger partial charge is 0.115 e. The maximum absolute atomic E-state index is 12.8. The van der Waals surface area contributed by atoms with Crippen molar-refractivity contribution in [2.75, 3.05) is 32.9 Å². The van der Waals surface area contributed by atoms with Crippen molar-refractivity contribution < 1.29 is 9.50 Å². The average Bonchev–Trinajstić information content (AvgIpc) is 2.40. The second-order valence-electron chi connectivity index (χ2n) is 4.49. The Labute approximate surface area is 115 Å². The van der Waals surface area contributed by atoms with Crippen molar-refractivity contribution in [2.45, 2.75) is 12.5 Å². The molecule has 100 valence electrons. The van der Waals surface area contributed by atoms with Crippen LogP contribution in [0, 0.1) is 0 Å². The Bertz CT molecular complexity index is 397. The van der Waals surface area contributed by atoms with Crippen LogP contribution in [0.4, 0.5) is 4.39 Å². The summed E-state index contributed by atoms with van der Waals surface area (Å²) in [4.78, 5) is 2.27. The summed E-state index contributed by atoms with van der Waals surface area (Å²) in [5.41, 5.74) is 0.967.